The van der Waals surface area contributed by atoms with Crippen molar-refractivity contribution in [2.75, 3.05) is 20.8 Å². The summed E-state index contributed by atoms with van der Waals surface area (Å²) in [4.78, 5) is 12.1. The average Bonchev–Trinajstić information content (AvgIpc) is 2.74. The predicted octanol–water partition coefficient (Wildman–Crippen LogP) is 4.62. The zero-order valence-corrected chi connectivity index (χ0v) is 19.3. The van der Waals surface area contributed by atoms with Crippen LogP contribution in [0.15, 0.2) is 56.5 Å². The first-order valence-corrected chi connectivity index (χ1v) is 10.3. The minimum Gasteiger partial charge on any atom is -0.502 e. The van der Waals surface area contributed by atoms with Gasteiger partial charge in [0.25, 0.3) is 5.91 Å². The normalized spacial score (nSPS) is 10.9. The number of halogens is 2. The molecule has 2 N–H and O–H groups in total. The van der Waals surface area contributed by atoms with Gasteiger partial charge in [-0.3, -0.25) is 4.79 Å². The molecule has 0 spiro atoms. The molecule has 3 rings (SSSR count). The first-order valence-electron chi connectivity index (χ1n) is 8.70. The fraction of sp³-hybridized carbons (Fsp3) is 0.143. The SMILES string of the molecule is COc1cc(/C=N/NC(=O)COc2ccc3cc(Br)ccc3c2Br)cc(OC)c1O. The summed E-state index contributed by atoms with van der Waals surface area (Å²) >= 11 is 6.97. The molecule has 0 aliphatic heterocycles. The molecule has 0 heterocycles. The van der Waals surface area contributed by atoms with Crippen LogP contribution in [0.1, 0.15) is 5.56 Å². The lowest BCUT2D eigenvalue weighted by molar-refractivity contribution is -0.123. The Bertz CT molecular complexity index is 1090. The Morgan fingerprint density at radius 2 is 1.77 bits per heavy atom. The fourth-order valence-electron chi connectivity index (χ4n) is 2.70. The van der Waals surface area contributed by atoms with Crippen LogP contribution < -0.4 is 19.6 Å². The average molecular weight is 538 g/mol. The van der Waals surface area contributed by atoms with E-state index in [4.69, 9.17) is 14.2 Å². The zero-order valence-electron chi connectivity index (χ0n) is 16.1. The van der Waals surface area contributed by atoms with E-state index < -0.39 is 5.91 Å². The number of ether oxygens (including phenoxy) is 3. The number of phenolic OH excluding ortho intramolecular Hbond substituents is 1. The second-order valence-corrected chi connectivity index (χ2v) is 7.81. The van der Waals surface area contributed by atoms with Gasteiger partial charge < -0.3 is 19.3 Å². The van der Waals surface area contributed by atoms with Crippen molar-refractivity contribution in [3.63, 3.8) is 0 Å². The van der Waals surface area contributed by atoms with Gasteiger partial charge >= 0.3 is 0 Å². The minimum atomic E-state index is -0.424. The van der Waals surface area contributed by atoms with Crippen molar-refractivity contribution in [3.8, 4) is 23.0 Å². The van der Waals surface area contributed by atoms with Gasteiger partial charge in [-0.2, -0.15) is 5.10 Å². The van der Waals surface area contributed by atoms with E-state index in [2.05, 4.69) is 42.4 Å². The molecule has 9 heteroatoms. The van der Waals surface area contributed by atoms with Gasteiger partial charge in [-0.25, -0.2) is 5.43 Å². The summed E-state index contributed by atoms with van der Waals surface area (Å²) in [5.41, 5.74) is 2.97. The smallest absolute Gasteiger partial charge is 0.277 e. The number of benzene rings is 3. The Morgan fingerprint density at radius 1 is 1.07 bits per heavy atom. The maximum atomic E-state index is 12.1. The molecule has 1 amide bonds. The van der Waals surface area contributed by atoms with Crippen LogP contribution in [-0.2, 0) is 4.79 Å². The van der Waals surface area contributed by atoms with Crippen molar-refractivity contribution >= 4 is 54.8 Å². The number of rotatable bonds is 7. The molecule has 156 valence electrons. The number of hydrogen-bond acceptors (Lipinski definition) is 6. The maximum absolute atomic E-state index is 12.1. The fourth-order valence-corrected chi connectivity index (χ4v) is 3.68. The van der Waals surface area contributed by atoms with E-state index in [1.165, 1.54) is 20.4 Å². The van der Waals surface area contributed by atoms with Gasteiger partial charge in [-0.15, -0.1) is 0 Å². The Labute approximate surface area is 189 Å². The molecule has 7 nitrogen and oxygen atoms in total. The topological polar surface area (TPSA) is 89.4 Å². The second-order valence-electron chi connectivity index (χ2n) is 6.10. The summed E-state index contributed by atoms with van der Waals surface area (Å²) in [6.07, 6.45) is 1.41. The summed E-state index contributed by atoms with van der Waals surface area (Å²) in [7, 11) is 2.86. The van der Waals surface area contributed by atoms with Crippen LogP contribution in [0.4, 0.5) is 0 Å². The minimum absolute atomic E-state index is 0.108. The largest absolute Gasteiger partial charge is 0.502 e. The highest BCUT2D eigenvalue weighted by molar-refractivity contribution is 9.11. The Hall–Kier alpha value is -2.78. The quantitative estimate of drug-likeness (QED) is 0.339. The lowest BCUT2D eigenvalue weighted by Crippen LogP contribution is -2.24. The number of amides is 1. The lowest BCUT2D eigenvalue weighted by Gasteiger charge is -2.10. The number of hydrogen-bond donors (Lipinski definition) is 2. The van der Waals surface area contributed by atoms with Crippen molar-refractivity contribution in [1.82, 2.24) is 5.43 Å². The summed E-state index contributed by atoms with van der Waals surface area (Å²) in [5, 5.41) is 15.8. The molecule has 0 aromatic heterocycles. The standard InChI is InChI=1S/C21H18Br2N2O5/c1-28-17-7-12(8-18(29-2)21(17)27)10-24-25-19(26)11-30-16-6-3-13-9-14(22)4-5-15(13)20(16)23/h3-10,27H,11H2,1-2H3,(H,25,26)/b24-10+. The van der Waals surface area contributed by atoms with Crippen LogP contribution in [0.5, 0.6) is 23.0 Å². The maximum Gasteiger partial charge on any atom is 0.277 e. The molecule has 0 bridgehead atoms. The molecular formula is C21H18Br2N2O5. The highest BCUT2D eigenvalue weighted by Crippen LogP contribution is 2.36. The summed E-state index contributed by atoms with van der Waals surface area (Å²) in [6, 6.07) is 12.7. The second kappa shape index (κ2) is 9.82. The molecule has 0 atom stereocenters. The monoisotopic (exact) mass is 536 g/mol. The third-order valence-corrected chi connectivity index (χ3v) is 5.46. The third kappa shape index (κ3) is 5.03. The lowest BCUT2D eigenvalue weighted by atomic mass is 10.1. The van der Waals surface area contributed by atoms with Crippen LogP contribution in [0.3, 0.4) is 0 Å². The van der Waals surface area contributed by atoms with Crippen LogP contribution in [0.2, 0.25) is 0 Å². The van der Waals surface area contributed by atoms with Crippen molar-refractivity contribution in [3.05, 3.63) is 57.0 Å². The zero-order chi connectivity index (χ0) is 21.7. The van der Waals surface area contributed by atoms with Gasteiger partial charge in [-0.05, 0) is 57.0 Å². The molecule has 0 radical (unpaired) electrons. The van der Waals surface area contributed by atoms with Crippen molar-refractivity contribution in [2.45, 2.75) is 0 Å². The first-order chi connectivity index (χ1) is 14.4. The van der Waals surface area contributed by atoms with Gasteiger partial charge in [0.1, 0.15) is 5.75 Å². The number of carbonyl (C=O) groups is 1. The van der Waals surface area contributed by atoms with Gasteiger partial charge in [-0.1, -0.05) is 28.1 Å². The van der Waals surface area contributed by atoms with Crippen molar-refractivity contribution < 1.29 is 24.1 Å². The number of nitrogens with one attached hydrogen (secondary N) is 1. The molecule has 3 aromatic carbocycles. The first kappa shape index (κ1) is 21.9. The van der Waals surface area contributed by atoms with E-state index >= 15 is 0 Å². The Kier molecular flexibility index (Phi) is 7.17. The van der Waals surface area contributed by atoms with Crippen LogP contribution in [0, 0.1) is 0 Å². The summed E-state index contributed by atoms with van der Waals surface area (Å²) in [6.45, 7) is -0.208. The molecule has 0 fully saturated rings. The van der Waals surface area contributed by atoms with E-state index in [1.807, 2.05) is 24.3 Å². The molecule has 0 aliphatic rings. The number of hydrazone groups is 1. The number of nitrogens with zero attached hydrogens (tertiary/aromatic N) is 1. The Morgan fingerprint density at radius 3 is 2.43 bits per heavy atom. The summed E-state index contributed by atoms with van der Waals surface area (Å²) in [5.74, 6) is 0.490. The number of fused-ring (bicyclic) bond motifs is 1. The molecule has 0 unspecified atom stereocenters. The highest BCUT2D eigenvalue weighted by Gasteiger charge is 2.11. The molecule has 30 heavy (non-hydrogen) atoms. The van der Waals surface area contributed by atoms with Gasteiger partial charge in [0, 0.05) is 10.0 Å². The van der Waals surface area contributed by atoms with E-state index in [-0.39, 0.29) is 23.9 Å². The van der Waals surface area contributed by atoms with Crippen molar-refractivity contribution in [2.24, 2.45) is 5.10 Å². The third-order valence-electron chi connectivity index (χ3n) is 4.14. The number of methoxy groups -OCH3 is 2. The van der Waals surface area contributed by atoms with Crippen LogP contribution >= 0.6 is 31.9 Å². The van der Waals surface area contributed by atoms with E-state index in [0.717, 1.165) is 19.7 Å². The molecule has 3 aromatic rings. The van der Waals surface area contributed by atoms with Gasteiger partial charge in [0.2, 0.25) is 5.75 Å². The van der Waals surface area contributed by atoms with Crippen LogP contribution in [-0.4, -0.2) is 38.1 Å². The molecule has 0 saturated carbocycles. The summed E-state index contributed by atoms with van der Waals surface area (Å²) < 4.78 is 17.5. The number of carbonyl (C=O) groups excluding carboxylic acids is 1. The molecule has 0 aliphatic carbocycles. The van der Waals surface area contributed by atoms with Gasteiger partial charge in [0.15, 0.2) is 18.1 Å². The number of phenols is 1. The van der Waals surface area contributed by atoms with E-state index in [0.29, 0.717) is 11.3 Å². The predicted molar refractivity (Wildman–Crippen MR) is 122 cm³/mol. The Balaban J connectivity index is 1.62. The van der Waals surface area contributed by atoms with Crippen molar-refractivity contribution in [1.29, 1.82) is 0 Å². The number of aromatic hydroxyl groups is 1. The highest BCUT2D eigenvalue weighted by atomic mass is 79.9. The van der Waals surface area contributed by atoms with Crippen LogP contribution in [0.25, 0.3) is 10.8 Å². The van der Waals surface area contributed by atoms with E-state index in [1.54, 1.807) is 18.2 Å². The molecular weight excluding hydrogens is 520 g/mol. The molecule has 0 saturated heterocycles. The van der Waals surface area contributed by atoms with Gasteiger partial charge in [0.05, 0.1) is 24.9 Å². The van der Waals surface area contributed by atoms with E-state index in [9.17, 15) is 9.90 Å².